The monoisotopic (exact) mass is 222 g/mol. The van der Waals surface area contributed by atoms with Gasteiger partial charge in [0, 0.05) is 0 Å². The first-order valence-corrected chi connectivity index (χ1v) is 5.23. The van der Waals surface area contributed by atoms with Crippen LogP contribution in [0.15, 0.2) is 24.3 Å². The van der Waals surface area contributed by atoms with Gasteiger partial charge in [-0.15, -0.1) is 0 Å². The number of hydrogen-bond donors (Lipinski definition) is 1. The summed E-state index contributed by atoms with van der Waals surface area (Å²) in [4.78, 5) is 11.3. The van der Waals surface area contributed by atoms with E-state index in [1.807, 2.05) is 19.1 Å². The molecule has 0 aromatic heterocycles. The van der Waals surface area contributed by atoms with Crippen LogP contribution < -0.4 is 4.74 Å². The van der Waals surface area contributed by atoms with Gasteiger partial charge >= 0.3 is 5.97 Å². The summed E-state index contributed by atoms with van der Waals surface area (Å²) in [6, 6.07) is 7.21. The van der Waals surface area contributed by atoms with Crippen molar-refractivity contribution in [2.24, 2.45) is 0 Å². The van der Waals surface area contributed by atoms with Gasteiger partial charge in [-0.2, -0.15) is 0 Å². The number of aliphatic carboxylic acids is 1. The highest BCUT2D eigenvalue weighted by atomic mass is 16.5. The van der Waals surface area contributed by atoms with Gasteiger partial charge in [-0.25, -0.2) is 0 Å². The summed E-state index contributed by atoms with van der Waals surface area (Å²) in [7, 11) is 0. The van der Waals surface area contributed by atoms with Crippen molar-refractivity contribution in [3.63, 3.8) is 0 Å². The van der Waals surface area contributed by atoms with Gasteiger partial charge in [-0.3, -0.25) is 4.79 Å². The van der Waals surface area contributed by atoms with Crippen molar-refractivity contribution < 1.29 is 19.4 Å². The Morgan fingerprint density at radius 1 is 1.56 bits per heavy atom. The maximum Gasteiger partial charge on any atom is 0.318 e. The standard InChI is InChI=1S/C12H14O4/c1-2-16-10-5-3-4-9(6-10)12(11(13)14)7-15-8-12/h3-6H,2,7-8H2,1H3,(H,13,14). The summed E-state index contributed by atoms with van der Waals surface area (Å²) in [5.41, 5.74) is -0.134. The highest BCUT2D eigenvalue weighted by Gasteiger charge is 2.47. The molecule has 0 bridgehead atoms. The van der Waals surface area contributed by atoms with E-state index in [0.29, 0.717) is 12.4 Å². The van der Waals surface area contributed by atoms with E-state index < -0.39 is 11.4 Å². The number of carboxylic acids is 1. The largest absolute Gasteiger partial charge is 0.494 e. The molecule has 1 aromatic carbocycles. The van der Waals surface area contributed by atoms with E-state index in [1.165, 1.54) is 0 Å². The lowest BCUT2D eigenvalue weighted by Crippen LogP contribution is -2.53. The number of ether oxygens (including phenoxy) is 2. The van der Waals surface area contributed by atoms with E-state index in [2.05, 4.69) is 0 Å². The first-order chi connectivity index (χ1) is 7.69. The summed E-state index contributed by atoms with van der Waals surface area (Å²) < 4.78 is 10.4. The average Bonchev–Trinajstić information content (AvgIpc) is 2.16. The number of carbonyl (C=O) groups is 1. The summed E-state index contributed by atoms with van der Waals surface area (Å²) in [5, 5.41) is 9.24. The molecular weight excluding hydrogens is 208 g/mol. The Hall–Kier alpha value is -1.55. The van der Waals surface area contributed by atoms with Crippen LogP contribution in [0.4, 0.5) is 0 Å². The second-order valence-corrected chi connectivity index (χ2v) is 3.84. The van der Waals surface area contributed by atoms with Gasteiger partial charge in [0.2, 0.25) is 0 Å². The molecule has 0 amide bonds. The Labute approximate surface area is 93.8 Å². The van der Waals surface area contributed by atoms with E-state index in [4.69, 9.17) is 9.47 Å². The molecule has 86 valence electrons. The molecule has 0 radical (unpaired) electrons. The second-order valence-electron chi connectivity index (χ2n) is 3.84. The van der Waals surface area contributed by atoms with Crippen molar-refractivity contribution >= 4 is 5.97 Å². The van der Waals surface area contributed by atoms with Crippen LogP contribution in [-0.2, 0) is 14.9 Å². The first-order valence-electron chi connectivity index (χ1n) is 5.23. The highest BCUT2D eigenvalue weighted by Crippen LogP contribution is 2.34. The van der Waals surface area contributed by atoms with E-state index in [0.717, 1.165) is 5.56 Å². The van der Waals surface area contributed by atoms with Crippen LogP contribution in [-0.4, -0.2) is 30.9 Å². The lowest BCUT2D eigenvalue weighted by Gasteiger charge is -2.37. The second kappa shape index (κ2) is 4.14. The van der Waals surface area contributed by atoms with Crippen LogP contribution >= 0.6 is 0 Å². The lowest BCUT2D eigenvalue weighted by molar-refractivity contribution is -0.163. The molecular formula is C12H14O4. The molecule has 1 saturated heterocycles. The molecule has 1 aromatic rings. The van der Waals surface area contributed by atoms with Crippen molar-refractivity contribution in [3.8, 4) is 5.75 Å². The van der Waals surface area contributed by atoms with Crippen LogP contribution in [0.3, 0.4) is 0 Å². The minimum absolute atomic E-state index is 0.234. The minimum atomic E-state index is -0.882. The Balaban J connectivity index is 2.32. The number of rotatable bonds is 4. The van der Waals surface area contributed by atoms with Gasteiger partial charge < -0.3 is 14.6 Å². The lowest BCUT2D eigenvalue weighted by atomic mass is 9.79. The minimum Gasteiger partial charge on any atom is -0.494 e. The molecule has 0 spiro atoms. The smallest absolute Gasteiger partial charge is 0.318 e. The number of carboxylic acid groups (broad SMARTS) is 1. The highest BCUT2D eigenvalue weighted by molar-refractivity contribution is 5.83. The molecule has 0 saturated carbocycles. The van der Waals surface area contributed by atoms with Gasteiger partial charge in [0.05, 0.1) is 19.8 Å². The topological polar surface area (TPSA) is 55.8 Å². The van der Waals surface area contributed by atoms with E-state index in [1.54, 1.807) is 12.1 Å². The third-order valence-electron chi connectivity index (χ3n) is 2.80. The SMILES string of the molecule is CCOc1cccc(C2(C(=O)O)COC2)c1. The predicted molar refractivity (Wildman–Crippen MR) is 57.7 cm³/mol. The number of hydrogen-bond acceptors (Lipinski definition) is 3. The molecule has 4 nitrogen and oxygen atoms in total. The van der Waals surface area contributed by atoms with Crippen LogP contribution in [0.25, 0.3) is 0 Å². The van der Waals surface area contributed by atoms with E-state index >= 15 is 0 Å². The summed E-state index contributed by atoms with van der Waals surface area (Å²) >= 11 is 0. The molecule has 0 aliphatic carbocycles. The van der Waals surface area contributed by atoms with Crippen LogP contribution in [0.2, 0.25) is 0 Å². The Morgan fingerprint density at radius 2 is 2.31 bits per heavy atom. The molecule has 1 aliphatic heterocycles. The fourth-order valence-corrected chi connectivity index (χ4v) is 1.77. The van der Waals surface area contributed by atoms with E-state index in [9.17, 15) is 9.90 Å². The molecule has 0 atom stereocenters. The molecule has 2 rings (SSSR count). The summed E-state index contributed by atoms with van der Waals surface area (Å²) in [6.07, 6.45) is 0. The normalized spacial score (nSPS) is 17.6. The van der Waals surface area contributed by atoms with E-state index in [-0.39, 0.29) is 13.2 Å². The first kappa shape index (κ1) is 11.0. The van der Waals surface area contributed by atoms with Crippen LogP contribution in [0.1, 0.15) is 12.5 Å². The van der Waals surface area contributed by atoms with Crippen molar-refractivity contribution in [1.29, 1.82) is 0 Å². The molecule has 1 N–H and O–H groups in total. The Bertz CT molecular complexity index is 396. The van der Waals surface area contributed by atoms with Gasteiger partial charge in [0.1, 0.15) is 11.2 Å². The maximum atomic E-state index is 11.3. The van der Waals surface area contributed by atoms with Gasteiger partial charge in [-0.05, 0) is 24.6 Å². The zero-order valence-corrected chi connectivity index (χ0v) is 9.10. The fraction of sp³-hybridized carbons (Fsp3) is 0.417. The van der Waals surface area contributed by atoms with Gasteiger partial charge in [0.25, 0.3) is 0 Å². The maximum absolute atomic E-state index is 11.3. The van der Waals surface area contributed by atoms with Gasteiger partial charge in [-0.1, -0.05) is 12.1 Å². The molecule has 1 aliphatic rings. The zero-order valence-electron chi connectivity index (χ0n) is 9.10. The summed E-state index contributed by atoms with van der Waals surface area (Å²) in [5.74, 6) is -0.139. The molecule has 16 heavy (non-hydrogen) atoms. The molecule has 4 heteroatoms. The molecule has 1 heterocycles. The third-order valence-corrected chi connectivity index (χ3v) is 2.80. The zero-order chi connectivity index (χ0) is 11.6. The Kier molecular flexibility index (Phi) is 2.83. The van der Waals surface area contributed by atoms with Crippen LogP contribution in [0.5, 0.6) is 5.75 Å². The number of benzene rings is 1. The molecule has 1 fully saturated rings. The quantitative estimate of drug-likeness (QED) is 0.837. The Morgan fingerprint density at radius 3 is 2.81 bits per heavy atom. The third kappa shape index (κ3) is 1.65. The van der Waals surface area contributed by atoms with Crippen molar-refractivity contribution in [1.82, 2.24) is 0 Å². The van der Waals surface area contributed by atoms with Crippen molar-refractivity contribution in [2.45, 2.75) is 12.3 Å². The average molecular weight is 222 g/mol. The van der Waals surface area contributed by atoms with Crippen molar-refractivity contribution in [2.75, 3.05) is 19.8 Å². The summed E-state index contributed by atoms with van der Waals surface area (Å²) in [6.45, 7) is 2.93. The van der Waals surface area contributed by atoms with Crippen LogP contribution in [0, 0.1) is 0 Å². The molecule has 0 unspecified atom stereocenters. The van der Waals surface area contributed by atoms with Crippen molar-refractivity contribution in [3.05, 3.63) is 29.8 Å². The predicted octanol–water partition coefficient (Wildman–Crippen LogP) is 1.44. The van der Waals surface area contributed by atoms with Gasteiger partial charge in [0.15, 0.2) is 0 Å². The fourth-order valence-electron chi connectivity index (χ4n) is 1.77.